The van der Waals surface area contributed by atoms with Crippen LogP contribution in [0.3, 0.4) is 0 Å². The van der Waals surface area contributed by atoms with Gasteiger partial charge in [0.25, 0.3) is 0 Å². The Morgan fingerprint density at radius 2 is 1.92 bits per heavy atom. The summed E-state index contributed by atoms with van der Waals surface area (Å²) < 4.78 is 5.04. The molecule has 0 aliphatic rings. The molecule has 1 rings (SSSR count). The van der Waals surface area contributed by atoms with Gasteiger partial charge in [-0.25, -0.2) is 0 Å². The third kappa shape index (κ3) is 4.36. The van der Waals surface area contributed by atoms with Gasteiger partial charge < -0.3 is 4.74 Å². The van der Waals surface area contributed by atoms with E-state index < -0.39 is 0 Å². The van der Waals surface area contributed by atoms with E-state index in [0.29, 0.717) is 0 Å². The Morgan fingerprint density at radius 3 is 2.62 bits per heavy atom. The zero-order chi connectivity index (χ0) is 9.36. The predicted molar refractivity (Wildman–Crippen MR) is 55.5 cm³/mol. The Labute approximate surface area is 80.0 Å². The van der Waals surface area contributed by atoms with Gasteiger partial charge in [0.15, 0.2) is 0 Å². The van der Waals surface area contributed by atoms with Gasteiger partial charge in [0.1, 0.15) is 0 Å². The van der Waals surface area contributed by atoms with E-state index in [1.165, 1.54) is 18.2 Å². The molecule has 1 aromatic carbocycles. The van der Waals surface area contributed by atoms with Gasteiger partial charge in [-0.1, -0.05) is 36.9 Å². The highest BCUT2D eigenvalue weighted by atomic mass is 16.5. The van der Waals surface area contributed by atoms with Gasteiger partial charge in [-0.05, 0) is 24.8 Å². The summed E-state index contributed by atoms with van der Waals surface area (Å²) in [4.78, 5) is 0. The lowest BCUT2D eigenvalue weighted by molar-refractivity contribution is 0.243. The topological polar surface area (TPSA) is 9.23 Å². The molecule has 0 spiro atoms. The SMILES string of the molecule is C=COCCCCc1ccccc1. The van der Waals surface area contributed by atoms with E-state index in [1.54, 1.807) is 0 Å². The van der Waals surface area contributed by atoms with Crippen molar-refractivity contribution in [1.82, 2.24) is 0 Å². The summed E-state index contributed by atoms with van der Waals surface area (Å²) in [6.07, 6.45) is 4.92. The summed E-state index contributed by atoms with van der Waals surface area (Å²) in [6.45, 7) is 4.28. The van der Waals surface area contributed by atoms with Gasteiger partial charge in [0.05, 0.1) is 12.9 Å². The van der Waals surface area contributed by atoms with Crippen LogP contribution >= 0.6 is 0 Å². The minimum absolute atomic E-state index is 0.788. The number of hydrogen-bond acceptors (Lipinski definition) is 1. The fraction of sp³-hybridized carbons (Fsp3) is 0.333. The zero-order valence-electron chi connectivity index (χ0n) is 7.91. The maximum atomic E-state index is 5.04. The molecule has 0 saturated carbocycles. The van der Waals surface area contributed by atoms with Crippen molar-refractivity contribution in [2.24, 2.45) is 0 Å². The maximum Gasteiger partial charge on any atom is 0.0873 e. The van der Waals surface area contributed by atoms with Crippen LogP contribution in [-0.2, 0) is 11.2 Å². The molecule has 13 heavy (non-hydrogen) atoms. The quantitative estimate of drug-likeness (QED) is 0.478. The summed E-state index contributed by atoms with van der Waals surface area (Å²) in [6, 6.07) is 10.5. The van der Waals surface area contributed by atoms with E-state index in [4.69, 9.17) is 4.74 Å². The van der Waals surface area contributed by atoms with E-state index in [-0.39, 0.29) is 0 Å². The van der Waals surface area contributed by atoms with E-state index in [2.05, 4.69) is 30.8 Å². The lowest BCUT2D eigenvalue weighted by Crippen LogP contribution is -1.90. The molecule has 0 aromatic heterocycles. The lowest BCUT2D eigenvalue weighted by Gasteiger charge is -2.01. The first-order valence-electron chi connectivity index (χ1n) is 4.70. The number of ether oxygens (including phenoxy) is 1. The molecule has 0 radical (unpaired) electrons. The first kappa shape index (κ1) is 9.85. The molecule has 0 unspecified atom stereocenters. The van der Waals surface area contributed by atoms with Gasteiger partial charge in [0.2, 0.25) is 0 Å². The molecule has 1 heteroatoms. The summed E-state index contributed by atoms with van der Waals surface area (Å²) in [5, 5.41) is 0. The first-order chi connectivity index (χ1) is 6.43. The van der Waals surface area contributed by atoms with Crippen LogP contribution < -0.4 is 0 Å². The van der Waals surface area contributed by atoms with Crippen LogP contribution in [0, 0.1) is 0 Å². The van der Waals surface area contributed by atoms with Crippen LogP contribution in [0.15, 0.2) is 43.2 Å². The molecule has 0 N–H and O–H groups in total. The second kappa shape index (κ2) is 6.30. The number of aryl methyl sites for hydroxylation is 1. The number of benzene rings is 1. The van der Waals surface area contributed by atoms with Crippen LogP contribution in [0.2, 0.25) is 0 Å². The van der Waals surface area contributed by atoms with Crippen molar-refractivity contribution in [3.63, 3.8) is 0 Å². The normalized spacial score (nSPS) is 9.54. The number of unbranched alkanes of at least 4 members (excludes halogenated alkanes) is 1. The second-order valence-corrected chi connectivity index (χ2v) is 2.98. The minimum atomic E-state index is 0.788. The van der Waals surface area contributed by atoms with Crippen LogP contribution in [0.5, 0.6) is 0 Å². The molecule has 1 nitrogen and oxygen atoms in total. The maximum absolute atomic E-state index is 5.04. The van der Waals surface area contributed by atoms with E-state index in [9.17, 15) is 0 Å². The van der Waals surface area contributed by atoms with Crippen molar-refractivity contribution in [2.75, 3.05) is 6.61 Å². The largest absolute Gasteiger partial charge is 0.502 e. The van der Waals surface area contributed by atoms with Crippen LogP contribution in [0.1, 0.15) is 18.4 Å². The highest BCUT2D eigenvalue weighted by Crippen LogP contribution is 2.04. The fourth-order valence-electron chi connectivity index (χ4n) is 1.24. The fourth-order valence-corrected chi connectivity index (χ4v) is 1.24. The summed E-state index contributed by atoms with van der Waals surface area (Å²) in [5.74, 6) is 0. The first-order valence-corrected chi connectivity index (χ1v) is 4.70. The Kier molecular flexibility index (Phi) is 4.77. The molecule has 0 amide bonds. The van der Waals surface area contributed by atoms with Crippen molar-refractivity contribution in [3.8, 4) is 0 Å². The smallest absolute Gasteiger partial charge is 0.0873 e. The predicted octanol–water partition coefficient (Wildman–Crippen LogP) is 3.17. The summed E-state index contributed by atoms with van der Waals surface area (Å²) >= 11 is 0. The van der Waals surface area contributed by atoms with E-state index in [1.807, 2.05) is 6.07 Å². The van der Waals surface area contributed by atoms with E-state index >= 15 is 0 Å². The molecule has 0 heterocycles. The summed E-state index contributed by atoms with van der Waals surface area (Å²) in [7, 11) is 0. The highest BCUT2D eigenvalue weighted by molar-refractivity contribution is 5.14. The third-order valence-electron chi connectivity index (χ3n) is 1.94. The summed E-state index contributed by atoms with van der Waals surface area (Å²) in [5.41, 5.74) is 1.40. The van der Waals surface area contributed by atoms with Crippen molar-refractivity contribution in [1.29, 1.82) is 0 Å². The van der Waals surface area contributed by atoms with Gasteiger partial charge in [-0.3, -0.25) is 0 Å². The van der Waals surface area contributed by atoms with Crippen LogP contribution in [-0.4, -0.2) is 6.61 Å². The molecule has 70 valence electrons. The van der Waals surface area contributed by atoms with Gasteiger partial charge >= 0.3 is 0 Å². The van der Waals surface area contributed by atoms with Crippen molar-refractivity contribution < 1.29 is 4.74 Å². The molecule has 0 bridgehead atoms. The van der Waals surface area contributed by atoms with Gasteiger partial charge in [-0.15, -0.1) is 0 Å². The molecule has 0 aliphatic carbocycles. The van der Waals surface area contributed by atoms with E-state index in [0.717, 1.165) is 19.4 Å². The third-order valence-corrected chi connectivity index (χ3v) is 1.94. The Bertz CT molecular complexity index is 228. The molecule has 0 atom stereocenters. The van der Waals surface area contributed by atoms with Crippen LogP contribution in [0.25, 0.3) is 0 Å². The molecular weight excluding hydrogens is 160 g/mol. The Hall–Kier alpha value is -1.24. The number of hydrogen-bond donors (Lipinski definition) is 0. The molecule has 1 aromatic rings. The zero-order valence-corrected chi connectivity index (χ0v) is 7.91. The van der Waals surface area contributed by atoms with Crippen molar-refractivity contribution in [2.45, 2.75) is 19.3 Å². The minimum Gasteiger partial charge on any atom is -0.502 e. The number of rotatable bonds is 6. The molecule has 0 saturated heterocycles. The Balaban J connectivity index is 2.10. The van der Waals surface area contributed by atoms with Crippen molar-refractivity contribution >= 4 is 0 Å². The second-order valence-electron chi connectivity index (χ2n) is 2.98. The average molecular weight is 176 g/mol. The van der Waals surface area contributed by atoms with Crippen LogP contribution in [0.4, 0.5) is 0 Å². The molecule has 0 aliphatic heterocycles. The monoisotopic (exact) mass is 176 g/mol. The Morgan fingerprint density at radius 1 is 1.15 bits per heavy atom. The molecule has 0 fully saturated rings. The van der Waals surface area contributed by atoms with Gasteiger partial charge in [-0.2, -0.15) is 0 Å². The highest BCUT2D eigenvalue weighted by Gasteiger charge is 1.91. The standard InChI is InChI=1S/C12H16O/c1-2-13-11-7-6-10-12-8-4-3-5-9-12/h2-5,8-9H,1,6-7,10-11H2. The average Bonchev–Trinajstić information content (AvgIpc) is 2.19. The van der Waals surface area contributed by atoms with Crippen molar-refractivity contribution in [3.05, 3.63) is 48.7 Å². The van der Waals surface area contributed by atoms with Gasteiger partial charge in [0, 0.05) is 0 Å². The molecular formula is C12H16O. The lowest BCUT2D eigenvalue weighted by atomic mass is 10.1.